The number of hydrogen-bond donors (Lipinski definition) is 1. The minimum absolute atomic E-state index is 0.104. The van der Waals surface area contributed by atoms with Crippen molar-refractivity contribution < 1.29 is 9.59 Å². The molecular weight excluding hydrogens is 428 g/mol. The van der Waals surface area contributed by atoms with Crippen LogP contribution in [0.25, 0.3) is 0 Å². The van der Waals surface area contributed by atoms with E-state index in [9.17, 15) is 9.59 Å². The van der Waals surface area contributed by atoms with Crippen LogP contribution in [0.4, 0.5) is 11.4 Å². The van der Waals surface area contributed by atoms with Gasteiger partial charge in [0.05, 0.1) is 5.75 Å². The summed E-state index contributed by atoms with van der Waals surface area (Å²) in [7, 11) is 0. The van der Waals surface area contributed by atoms with Crippen LogP contribution in [-0.2, 0) is 11.2 Å². The molecule has 1 saturated heterocycles. The Morgan fingerprint density at radius 3 is 2.58 bits per heavy atom. The Morgan fingerprint density at radius 1 is 1.03 bits per heavy atom. The fraction of sp³-hybridized carbons (Fsp3) is 0.286. The predicted molar refractivity (Wildman–Crippen MR) is 138 cm³/mol. The lowest BCUT2D eigenvalue weighted by atomic mass is 10.0. The van der Waals surface area contributed by atoms with Gasteiger partial charge in [0.1, 0.15) is 5.37 Å². The van der Waals surface area contributed by atoms with Crippen molar-refractivity contribution in [3.63, 3.8) is 0 Å². The summed E-state index contributed by atoms with van der Waals surface area (Å²) < 4.78 is 0. The van der Waals surface area contributed by atoms with E-state index >= 15 is 0 Å². The molecule has 0 bridgehead atoms. The molecule has 0 aromatic heterocycles. The molecule has 0 saturated carbocycles. The minimum atomic E-state index is -0.127. The molecule has 4 nitrogen and oxygen atoms in total. The van der Waals surface area contributed by atoms with Crippen LogP contribution in [-0.4, -0.2) is 17.6 Å². The fourth-order valence-corrected chi connectivity index (χ4v) is 5.30. The summed E-state index contributed by atoms with van der Waals surface area (Å²) in [5.74, 6) is 0.422. The Hall–Kier alpha value is -3.05. The van der Waals surface area contributed by atoms with E-state index < -0.39 is 0 Å². The van der Waals surface area contributed by atoms with Gasteiger partial charge in [-0.25, -0.2) is 0 Å². The summed E-state index contributed by atoms with van der Waals surface area (Å²) in [6.45, 7) is 4.22. The first-order valence-electron chi connectivity index (χ1n) is 11.6. The lowest BCUT2D eigenvalue weighted by molar-refractivity contribution is -0.115. The van der Waals surface area contributed by atoms with E-state index in [0.717, 1.165) is 28.9 Å². The van der Waals surface area contributed by atoms with Crippen LogP contribution in [0.15, 0.2) is 72.8 Å². The molecule has 1 N–H and O–H groups in total. The molecule has 0 radical (unpaired) electrons. The second-order valence-corrected chi connectivity index (χ2v) is 9.52. The van der Waals surface area contributed by atoms with Crippen LogP contribution in [0.2, 0.25) is 0 Å². The molecule has 1 atom stereocenters. The summed E-state index contributed by atoms with van der Waals surface area (Å²) in [4.78, 5) is 27.4. The summed E-state index contributed by atoms with van der Waals surface area (Å²) in [5.41, 5.74) is 5.65. The van der Waals surface area contributed by atoms with Gasteiger partial charge in [0.25, 0.3) is 5.91 Å². The van der Waals surface area contributed by atoms with E-state index in [4.69, 9.17) is 0 Å². The average Bonchev–Trinajstić information content (AvgIpc) is 3.21. The molecular formula is C28H30N2O2S. The van der Waals surface area contributed by atoms with E-state index in [0.29, 0.717) is 11.3 Å². The van der Waals surface area contributed by atoms with Crippen molar-refractivity contribution in [2.24, 2.45) is 0 Å². The molecule has 1 fully saturated rings. The third-order valence-corrected chi connectivity index (χ3v) is 7.17. The molecule has 170 valence electrons. The molecule has 4 rings (SSSR count). The quantitative estimate of drug-likeness (QED) is 0.380. The van der Waals surface area contributed by atoms with Gasteiger partial charge in [0.2, 0.25) is 5.91 Å². The SMILES string of the molecule is CCCCCc1ccc(C(=O)Nc2cccc([C@H]3SCC(=O)N3c3ccccc3C)c2)cc1. The zero-order valence-electron chi connectivity index (χ0n) is 19.2. The van der Waals surface area contributed by atoms with Gasteiger partial charge < -0.3 is 5.32 Å². The van der Waals surface area contributed by atoms with Crippen LogP contribution in [0, 0.1) is 6.92 Å². The highest BCUT2D eigenvalue weighted by Crippen LogP contribution is 2.43. The molecule has 0 spiro atoms. The molecule has 1 aliphatic heterocycles. The molecule has 1 aliphatic rings. The lowest BCUT2D eigenvalue weighted by Crippen LogP contribution is -2.28. The first kappa shape index (κ1) is 23.1. The number of carbonyl (C=O) groups excluding carboxylic acids is 2. The normalized spacial score (nSPS) is 15.6. The Balaban J connectivity index is 1.48. The number of nitrogens with zero attached hydrogens (tertiary/aromatic N) is 1. The van der Waals surface area contributed by atoms with E-state index in [1.54, 1.807) is 11.8 Å². The number of carbonyl (C=O) groups is 2. The van der Waals surface area contributed by atoms with Gasteiger partial charge in [0.15, 0.2) is 0 Å². The topological polar surface area (TPSA) is 49.4 Å². The van der Waals surface area contributed by atoms with Gasteiger partial charge in [0, 0.05) is 16.9 Å². The van der Waals surface area contributed by atoms with Crippen LogP contribution in [0.3, 0.4) is 0 Å². The van der Waals surface area contributed by atoms with Gasteiger partial charge in [-0.15, -0.1) is 11.8 Å². The molecule has 2 amide bonds. The fourth-order valence-electron chi connectivity index (χ4n) is 4.14. The maximum absolute atomic E-state index is 12.8. The van der Waals surface area contributed by atoms with Crippen molar-refractivity contribution in [2.75, 3.05) is 16.0 Å². The number of thioether (sulfide) groups is 1. The van der Waals surface area contributed by atoms with Gasteiger partial charge in [-0.2, -0.15) is 0 Å². The van der Waals surface area contributed by atoms with Crippen LogP contribution < -0.4 is 10.2 Å². The second-order valence-electron chi connectivity index (χ2n) is 8.45. The van der Waals surface area contributed by atoms with Crippen molar-refractivity contribution in [2.45, 2.75) is 44.9 Å². The Morgan fingerprint density at radius 2 is 1.82 bits per heavy atom. The maximum atomic E-state index is 12.8. The van der Waals surface area contributed by atoms with Crippen molar-refractivity contribution in [1.29, 1.82) is 0 Å². The van der Waals surface area contributed by atoms with Gasteiger partial charge >= 0.3 is 0 Å². The number of rotatable bonds is 8. The second kappa shape index (κ2) is 10.7. The number of anilines is 2. The van der Waals surface area contributed by atoms with Crippen LogP contribution >= 0.6 is 11.8 Å². The zero-order chi connectivity index (χ0) is 23.2. The third kappa shape index (κ3) is 5.48. The molecule has 5 heteroatoms. The third-order valence-electron chi connectivity index (χ3n) is 5.96. The van der Waals surface area contributed by atoms with Crippen molar-refractivity contribution in [3.8, 4) is 0 Å². The van der Waals surface area contributed by atoms with Crippen molar-refractivity contribution in [3.05, 3.63) is 95.1 Å². The van der Waals surface area contributed by atoms with Crippen molar-refractivity contribution in [1.82, 2.24) is 0 Å². The van der Waals surface area contributed by atoms with E-state index in [-0.39, 0.29) is 17.2 Å². The van der Waals surface area contributed by atoms with E-state index in [2.05, 4.69) is 12.2 Å². The van der Waals surface area contributed by atoms with Gasteiger partial charge in [-0.3, -0.25) is 14.5 Å². The molecule has 0 unspecified atom stereocenters. The first-order chi connectivity index (χ1) is 16.1. The van der Waals surface area contributed by atoms with E-state index in [1.165, 1.54) is 24.8 Å². The van der Waals surface area contributed by atoms with E-state index in [1.807, 2.05) is 84.6 Å². The van der Waals surface area contributed by atoms with Crippen LogP contribution in [0.5, 0.6) is 0 Å². The highest BCUT2D eigenvalue weighted by molar-refractivity contribution is 8.00. The van der Waals surface area contributed by atoms with Gasteiger partial charge in [-0.05, 0) is 66.8 Å². The summed E-state index contributed by atoms with van der Waals surface area (Å²) >= 11 is 1.61. The van der Waals surface area contributed by atoms with Crippen molar-refractivity contribution >= 4 is 35.0 Å². The van der Waals surface area contributed by atoms with Gasteiger partial charge in [-0.1, -0.05) is 62.2 Å². The number of hydrogen-bond acceptors (Lipinski definition) is 3. The summed E-state index contributed by atoms with van der Waals surface area (Å²) in [5, 5.41) is 2.91. The lowest BCUT2D eigenvalue weighted by Gasteiger charge is -2.26. The molecule has 3 aromatic rings. The number of para-hydroxylation sites is 1. The number of amides is 2. The standard InChI is InChI=1S/C28H30N2O2S/c1-3-4-5-10-21-14-16-22(17-15-21)27(32)29-24-12-8-11-23(18-24)28-30(26(31)19-33-28)25-13-7-6-9-20(25)2/h6-9,11-18,28H,3-5,10,19H2,1-2H3,(H,29,32)/t28-/m1/s1. The monoisotopic (exact) mass is 458 g/mol. The largest absolute Gasteiger partial charge is 0.322 e. The summed E-state index contributed by atoms with van der Waals surface area (Å²) in [6, 6.07) is 23.6. The smallest absolute Gasteiger partial charge is 0.255 e. The minimum Gasteiger partial charge on any atom is -0.322 e. The zero-order valence-corrected chi connectivity index (χ0v) is 20.0. The predicted octanol–water partition coefficient (Wildman–Crippen LogP) is 6.76. The number of unbranched alkanes of at least 4 members (excludes halogenated alkanes) is 2. The highest BCUT2D eigenvalue weighted by Gasteiger charge is 2.34. The summed E-state index contributed by atoms with van der Waals surface area (Å²) in [6.07, 6.45) is 4.66. The molecule has 0 aliphatic carbocycles. The number of nitrogens with one attached hydrogen (secondary N) is 1. The van der Waals surface area contributed by atoms with Crippen LogP contribution in [0.1, 0.15) is 58.6 Å². The Labute approximate surface area is 200 Å². The Kier molecular flexibility index (Phi) is 7.50. The highest BCUT2D eigenvalue weighted by atomic mass is 32.2. The number of aryl methyl sites for hydroxylation is 2. The average molecular weight is 459 g/mol. The molecule has 1 heterocycles. The molecule has 3 aromatic carbocycles. The maximum Gasteiger partial charge on any atom is 0.255 e. The first-order valence-corrected chi connectivity index (χ1v) is 12.6. The molecule has 33 heavy (non-hydrogen) atoms. The Bertz CT molecular complexity index is 1130. The number of benzene rings is 3.